The maximum Gasteiger partial charge on any atom is 0.317 e. The summed E-state index contributed by atoms with van der Waals surface area (Å²) >= 11 is 0. The van der Waals surface area contributed by atoms with E-state index in [1.165, 1.54) is 16.8 Å². The molecule has 2 amide bonds. The van der Waals surface area contributed by atoms with Gasteiger partial charge in [0.1, 0.15) is 0 Å². The average molecular weight is 335 g/mol. The Morgan fingerprint density at radius 1 is 0.960 bits per heavy atom. The Morgan fingerprint density at radius 3 is 2.36 bits per heavy atom. The van der Waals surface area contributed by atoms with Crippen molar-refractivity contribution in [2.75, 3.05) is 31.1 Å². The van der Waals surface area contributed by atoms with Crippen LogP contribution < -0.4 is 10.2 Å². The molecule has 2 aliphatic rings. The lowest BCUT2D eigenvalue weighted by Gasteiger charge is -2.36. The van der Waals surface area contributed by atoms with Gasteiger partial charge in [0.05, 0.1) is 0 Å². The molecular weight excluding hydrogens is 310 g/mol. The molecule has 1 aliphatic carbocycles. The molecule has 1 saturated heterocycles. The maximum absolute atomic E-state index is 12.5. The molecule has 0 bridgehead atoms. The summed E-state index contributed by atoms with van der Waals surface area (Å²) in [5.74, 6) is 0.485. The zero-order valence-corrected chi connectivity index (χ0v) is 14.7. The van der Waals surface area contributed by atoms with Crippen LogP contribution in [0.3, 0.4) is 0 Å². The van der Waals surface area contributed by atoms with E-state index in [2.05, 4.69) is 65.7 Å². The summed E-state index contributed by atoms with van der Waals surface area (Å²) in [6.45, 7) is 5.49. The van der Waals surface area contributed by atoms with Crippen LogP contribution in [0.4, 0.5) is 10.5 Å². The highest BCUT2D eigenvalue weighted by atomic mass is 16.2. The number of rotatable bonds is 3. The third kappa shape index (κ3) is 3.48. The fraction of sp³-hybridized carbons (Fsp3) is 0.381. The minimum atomic E-state index is 0.0906. The lowest BCUT2D eigenvalue weighted by Crippen LogP contribution is -2.52. The van der Waals surface area contributed by atoms with Crippen LogP contribution in [-0.4, -0.2) is 43.2 Å². The first kappa shape index (κ1) is 16.0. The number of nitrogens with zero attached hydrogens (tertiary/aromatic N) is 2. The molecule has 1 saturated carbocycles. The number of carbonyl (C=O) groups excluding carboxylic acids is 1. The molecule has 130 valence electrons. The topological polar surface area (TPSA) is 35.6 Å². The second-order valence-corrected chi connectivity index (χ2v) is 7.07. The lowest BCUT2D eigenvalue weighted by molar-refractivity contribution is 0.193. The first-order chi connectivity index (χ1) is 12.2. The van der Waals surface area contributed by atoms with Gasteiger partial charge in [0.2, 0.25) is 0 Å². The van der Waals surface area contributed by atoms with Crippen LogP contribution in [0.1, 0.15) is 23.5 Å². The quantitative estimate of drug-likeness (QED) is 0.933. The molecule has 4 heteroatoms. The highest BCUT2D eigenvalue weighted by Gasteiger charge is 2.40. The van der Waals surface area contributed by atoms with Crippen LogP contribution >= 0.6 is 0 Å². The summed E-state index contributed by atoms with van der Waals surface area (Å²) in [7, 11) is 0. The van der Waals surface area contributed by atoms with E-state index in [1.807, 2.05) is 11.0 Å². The van der Waals surface area contributed by atoms with Gasteiger partial charge in [0.15, 0.2) is 0 Å². The molecule has 2 aromatic carbocycles. The van der Waals surface area contributed by atoms with Gasteiger partial charge in [0, 0.05) is 43.8 Å². The second-order valence-electron chi connectivity index (χ2n) is 7.07. The summed E-state index contributed by atoms with van der Waals surface area (Å²) in [6, 6.07) is 19.3. The van der Waals surface area contributed by atoms with Gasteiger partial charge >= 0.3 is 6.03 Å². The van der Waals surface area contributed by atoms with E-state index >= 15 is 0 Å². The fourth-order valence-corrected chi connectivity index (χ4v) is 3.74. The van der Waals surface area contributed by atoms with Crippen LogP contribution in [0.15, 0.2) is 54.6 Å². The minimum absolute atomic E-state index is 0.0906. The van der Waals surface area contributed by atoms with Crippen LogP contribution in [-0.2, 0) is 0 Å². The molecule has 0 spiro atoms. The van der Waals surface area contributed by atoms with Gasteiger partial charge in [0.25, 0.3) is 0 Å². The number of benzene rings is 2. The molecule has 1 heterocycles. The molecule has 2 atom stereocenters. The molecular formula is C21H25N3O. The van der Waals surface area contributed by atoms with Crippen molar-refractivity contribution in [3.05, 3.63) is 65.7 Å². The van der Waals surface area contributed by atoms with Crippen LogP contribution in [0.25, 0.3) is 0 Å². The van der Waals surface area contributed by atoms with Gasteiger partial charge in [-0.05, 0) is 30.5 Å². The van der Waals surface area contributed by atoms with Gasteiger partial charge < -0.3 is 15.1 Å². The predicted octanol–water partition coefficient (Wildman–Crippen LogP) is 3.38. The standard InChI is InChI=1S/C21H25N3O/c1-16-7-5-6-10-20(16)23-11-13-24(14-12-23)21(25)22-19-15-18(19)17-8-3-2-4-9-17/h2-10,18-19H,11-15H2,1H3,(H,22,25). The SMILES string of the molecule is Cc1ccccc1N1CCN(C(=O)NC2CC2c2ccccc2)CC1. The third-order valence-electron chi connectivity index (χ3n) is 5.35. The Labute approximate surface area is 149 Å². The van der Waals surface area contributed by atoms with Crippen molar-refractivity contribution in [1.82, 2.24) is 10.2 Å². The Kier molecular flexibility index (Phi) is 4.35. The first-order valence-corrected chi connectivity index (χ1v) is 9.13. The Bertz CT molecular complexity index is 738. The molecule has 4 nitrogen and oxygen atoms in total. The number of anilines is 1. The van der Waals surface area contributed by atoms with Crippen LogP contribution in [0.5, 0.6) is 0 Å². The van der Waals surface area contributed by atoms with Crippen LogP contribution in [0.2, 0.25) is 0 Å². The number of hydrogen-bond donors (Lipinski definition) is 1. The number of piperazine rings is 1. The zero-order valence-electron chi connectivity index (χ0n) is 14.7. The van der Waals surface area contributed by atoms with E-state index in [0.29, 0.717) is 12.0 Å². The van der Waals surface area contributed by atoms with Gasteiger partial charge in [-0.2, -0.15) is 0 Å². The van der Waals surface area contributed by atoms with E-state index in [4.69, 9.17) is 0 Å². The van der Waals surface area contributed by atoms with E-state index in [9.17, 15) is 4.79 Å². The molecule has 2 fully saturated rings. The largest absolute Gasteiger partial charge is 0.368 e. The fourth-order valence-electron chi connectivity index (χ4n) is 3.74. The van der Waals surface area contributed by atoms with Crippen molar-refractivity contribution >= 4 is 11.7 Å². The number of carbonyl (C=O) groups is 1. The zero-order chi connectivity index (χ0) is 17.2. The number of amides is 2. The van der Waals surface area contributed by atoms with E-state index in [0.717, 1.165) is 32.6 Å². The van der Waals surface area contributed by atoms with E-state index in [-0.39, 0.29) is 6.03 Å². The molecule has 4 rings (SSSR count). The predicted molar refractivity (Wildman–Crippen MR) is 101 cm³/mol. The van der Waals surface area contributed by atoms with E-state index < -0.39 is 0 Å². The van der Waals surface area contributed by atoms with Gasteiger partial charge in [-0.3, -0.25) is 0 Å². The first-order valence-electron chi connectivity index (χ1n) is 9.13. The Balaban J connectivity index is 1.28. The maximum atomic E-state index is 12.5. The van der Waals surface area contributed by atoms with E-state index in [1.54, 1.807) is 0 Å². The molecule has 2 unspecified atom stereocenters. The van der Waals surface area contributed by atoms with Crippen molar-refractivity contribution in [1.29, 1.82) is 0 Å². The van der Waals surface area contributed by atoms with Crippen LogP contribution in [0, 0.1) is 6.92 Å². The summed E-state index contributed by atoms with van der Waals surface area (Å²) < 4.78 is 0. The van der Waals surface area contributed by atoms with Crippen molar-refractivity contribution in [2.24, 2.45) is 0 Å². The molecule has 25 heavy (non-hydrogen) atoms. The second kappa shape index (κ2) is 6.79. The highest BCUT2D eigenvalue weighted by Crippen LogP contribution is 2.40. The van der Waals surface area contributed by atoms with Crippen molar-refractivity contribution in [3.8, 4) is 0 Å². The number of para-hydroxylation sites is 1. The van der Waals surface area contributed by atoms with Gasteiger partial charge in [-0.15, -0.1) is 0 Å². The highest BCUT2D eigenvalue weighted by molar-refractivity contribution is 5.75. The smallest absolute Gasteiger partial charge is 0.317 e. The minimum Gasteiger partial charge on any atom is -0.368 e. The molecule has 1 aliphatic heterocycles. The molecule has 2 aromatic rings. The average Bonchev–Trinajstić information content (AvgIpc) is 3.42. The Morgan fingerprint density at radius 2 is 1.64 bits per heavy atom. The summed E-state index contributed by atoms with van der Waals surface area (Å²) in [5, 5.41) is 3.21. The molecule has 0 aromatic heterocycles. The third-order valence-corrected chi connectivity index (χ3v) is 5.35. The number of aryl methyl sites for hydroxylation is 1. The number of nitrogens with one attached hydrogen (secondary N) is 1. The molecule has 1 N–H and O–H groups in total. The lowest BCUT2D eigenvalue weighted by atomic mass is 10.1. The van der Waals surface area contributed by atoms with Gasteiger partial charge in [-0.25, -0.2) is 4.79 Å². The van der Waals surface area contributed by atoms with Gasteiger partial charge in [-0.1, -0.05) is 48.5 Å². The van der Waals surface area contributed by atoms with Crippen molar-refractivity contribution in [3.63, 3.8) is 0 Å². The number of hydrogen-bond acceptors (Lipinski definition) is 2. The summed E-state index contributed by atoms with van der Waals surface area (Å²) in [4.78, 5) is 16.9. The summed E-state index contributed by atoms with van der Waals surface area (Å²) in [6.07, 6.45) is 1.05. The van der Waals surface area contributed by atoms with Crippen molar-refractivity contribution in [2.45, 2.75) is 25.3 Å². The summed E-state index contributed by atoms with van der Waals surface area (Å²) in [5.41, 5.74) is 3.91. The normalized spacial score (nSPS) is 22.6. The van der Waals surface area contributed by atoms with Crippen molar-refractivity contribution < 1.29 is 4.79 Å². The molecule has 0 radical (unpaired) electrons. The number of urea groups is 1. The Hall–Kier alpha value is -2.49. The monoisotopic (exact) mass is 335 g/mol.